The maximum absolute atomic E-state index is 13.0. The Morgan fingerprint density at radius 3 is 2.87 bits per heavy atom. The molecule has 1 fully saturated rings. The smallest absolute Gasteiger partial charge is 0.251 e. The number of amides is 1. The van der Waals surface area contributed by atoms with Crippen LogP contribution in [0.5, 0.6) is 0 Å². The van der Waals surface area contributed by atoms with Crippen molar-refractivity contribution < 1.29 is 13.2 Å². The zero-order valence-corrected chi connectivity index (χ0v) is 19.1. The second-order valence-corrected chi connectivity index (χ2v) is 11.4. The van der Waals surface area contributed by atoms with Gasteiger partial charge >= 0.3 is 0 Å². The molecule has 30 heavy (non-hydrogen) atoms. The number of hydrogen-bond acceptors (Lipinski definition) is 6. The number of amidine groups is 1. The Bertz CT molecular complexity index is 1270. The van der Waals surface area contributed by atoms with E-state index in [-0.39, 0.29) is 16.0 Å². The summed E-state index contributed by atoms with van der Waals surface area (Å²) >= 11 is 8.56. The molecule has 1 atom stereocenters. The number of nitrogens with one attached hydrogen (secondary N) is 2. The highest BCUT2D eigenvalue weighted by Crippen LogP contribution is 2.35. The van der Waals surface area contributed by atoms with Crippen LogP contribution in [-0.4, -0.2) is 37.6 Å². The van der Waals surface area contributed by atoms with Gasteiger partial charge in [-0.25, -0.2) is 8.42 Å². The van der Waals surface area contributed by atoms with E-state index in [1.807, 2.05) is 5.38 Å². The maximum Gasteiger partial charge on any atom is 0.251 e. The van der Waals surface area contributed by atoms with Crippen molar-refractivity contribution in [1.82, 2.24) is 9.62 Å². The molecule has 0 bridgehead atoms. The summed E-state index contributed by atoms with van der Waals surface area (Å²) in [6.07, 6.45) is 0.400. The topological polar surface area (TPSA) is 116 Å². The first kappa shape index (κ1) is 21.3. The quantitative estimate of drug-likeness (QED) is 0.369. The fraction of sp³-hybridized carbons (Fsp3) is 0.263. The number of rotatable bonds is 6. The molecule has 4 rings (SSSR count). The average molecular weight is 483 g/mol. The van der Waals surface area contributed by atoms with Crippen LogP contribution in [0.3, 0.4) is 0 Å². The Kier molecular flexibility index (Phi) is 5.62. The number of halogens is 1. The lowest BCUT2D eigenvalue weighted by Crippen LogP contribution is -2.41. The van der Waals surface area contributed by atoms with Crippen molar-refractivity contribution in [3.05, 3.63) is 50.7 Å². The molecule has 4 N–H and O–H groups in total. The van der Waals surface area contributed by atoms with E-state index in [2.05, 4.69) is 4.72 Å². The minimum Gasteiger partial charge on any atom is -0.383 e. The Labute approximate surface area is 187 Å². The van der Waals surface area contributed by atoms with Gasteiger partial charge in [-0.1, -0.05) is 11.6 Å². The summed E-state index contributed by atoms with van der Waals surface area (Å²) in [6, 6.07) is 6.26. The van der Waals surface area contributed by atoms with Crippen molar-refractivity contribution >= 4 is 66.1 Å². The lowest BCUT2D eigenvalue weighted by atomic mass is 10.2. The summed E-state index contributed by atoms with van der Waals surface area (Å²) < 4.78 is 29.6. The Morgan fingerprint density at radius 1 is 1.40 bits per heavy atom. The number of thiophene rings is 2. The molecule has 2 aromatic heterocycles. The summed E-state index contributed by atoms with van der Waals surface area (Å²) in [5.41, 5.74) is 6.99. The van der Waals surface area contributed by atoms with Gasteiger partial charge in [0, 0.05) is 22.8 Å². The van der Waals surface area contributed by atoms with Crippen molar-refractivity contribution in [2.24, 2.45) is 5.73 Å². The van der Waals surface area contributed by atoms with Crippen molar-refractivity contribution in [3.8, 4) is 0 Å². The second-order valence-electron chi connectivity index (χ2n) is 7.11. The highest BCUT2D eigenvalue weighted by atomic mass is 35.5. The molecule has 1 amide bonds. The molecule has 0 saturated carbocycles. The number of benzene rings is 1. The molecule has 0 aliphatic carbocycles. The number of nitrogens with zero attached hydrogens (tertiary/aromatic N) is 1. The van der Waals surface area contributed by atoms with E-state index in [9.17, 15) is 13.2 Å². The molecule has 0 unspecified atom stereocenters. The van der Waals surface area contributed by atoms with Crippen LogP contribution in [0, 0.1) is 12.3 Å². The van der Waals surface area contributed by atoms with Crippen molar-refractivity contribution in [2.75, 3.05) is 6.54 Å². The van der Waals surface area contributed by atoms with E-state index >= 15 is 0 Å². The molecule has 158 valence electrons. The third kappa shape index (κ3) is 3.97. The molecule has 1 saturated heterocycles. The molecule has 7 nitrogen and oxygen atoms in total. The maximum atomic E-state index is 13.0. The van der Waals surface area contributed by atoms with Crippen LogP contribution in [0.1, 0.15) is 22.4 Å². The average Bonchev–Trinajstić information content (AvgIpc) is 3.37. The van der Waals surface area contributed by atoms with Crippen molar-refractivity contribution in [2.45, 2.75) is 30.1 Å². The number of fused-ring (bicyclic) bond motifs is 1. The van der Waals surface area contributed by atoms with Gasteiger partial charge in [-0.3, -0.25) is 10.2 Å². The molecule has 1 aromatic carbocycles. The summed E-state index contributed by atoms with van der Waals surface area (Å²) in [4.78, 5) is 15.1. The van der Waals surface area contributed by atoms with Gasteiger partial charge in [0.1, 0.15) is 16.1 Å². The van der Waals surface area contributed by atoms with Gasteiger partial charge in [0.25, 0.3) is 10.0 Å². The van der Waals surface area contributed by atoms with Crippen LogP contribution in [0.2, 0.25) is 5.02 Å². The van der Waals surface area contributed by atoms with Gasteiger partial charge in [0.2, 0.25) is 5.91 Å². The van der Waals surface area contributed by atoms with Gasteiger partial charge in [-0.15, -0.1) is 22.7 Å². The van der Waals surface area contributed by atoms with Crippen LogP contribution >= 0.6 is 34.3 Å². The predicted molar refractivity (Wildman–Crippen MR) is 121 cm³/mol. The van der Waals surface area contributed by atoms with Crippen LogP contribution in [0.15, 0.2) is 33.9 Å². The number of nitrogen functional groups attached to an aromatic ring is 1. The molecule has 0 spiro atoms. The summed E-state index contributed by atoms with van der Waals surface area (Å²) in [5, 5.41) is 10.7. The monoisotopic (exact) mass is 482 g/mol. The molecular weight excluding hydrogens is 464 g/mol. The SMILES string of the molecule is Cc1c(S(=O)(=O)N[C@H]2CCN(Cc3csc(C(=N)N)c3)C2=O)sc2ccc(Cl)cc12. The molecule has 1 aliphatic rings. The number of likely N-dealkylation sites (tertiary alicyclic amines) is 1. The fourth-order valence-corrected chi connectivity index (χ4v) is 7.42. The summed E-state index contributed by atoms with van der Waals surface area (Å²) in [6.45, 7) is 2.56. The number of nitrogens with two attached hydrogens (primary N) is 1. The third-order valence-corrected chi connectivity index (χ3v) is 9.60. The number of carbonyl (C=O) groups excluding carboxylic acids is 1. The summed E-state index contributed by atoms with van der Waals surface area (Å²) in [5.74, 6) is -0.263. The second kappa shape index (κ2) is 7.93. The van der Waals surface area contributed by atoms with Gasteiger partial charge in [0.05, 0.1) is 4.88 Å². The number of hydrogen-bond donors (Lipinski definition) is 3. The highest BCUT2D eigenvalue weighted by molar-refractivity contribution is 7.91. The molecular formula is C19H19ClN4O3S3. The number of aryl methyl sites for hydroxylation is 1. The third-order valence-electron chi connectivity index (χ3n) is 4.99. The molecule has 0 radical (unpaired) electrons. The number of carbonyl (C=O) groups is 1. The van der Waals surface area contributed by atoms with Crippen LogP contribution in [0.25, 0.3) is 10.1 Å². The number of sulfonamides is 1. The lowest BCUT2D eigenvalue weighted by molar-refractivity contribution is -0.129. The Hall–Kier alpha value is -1.98. The molecule has 11 heteroatoms. The van der Waals surface area contributed by atoms with E-state index in [1.54, 1.807) is 36.1 Å². The fourth-order valence-electron chi connectivity index (χ4n) is 3.49. The zero-order valence-electron chi connectivity index (χ0n) is 15.9. The molecule has 3 aromatic rings. The van der Waals surface area contributed by atoms with Crippen LogP contribution in [-0.2, 0) is 21.4 Å². The largest absolute Gasteiger partial charge is 0.383 e. The lowest BCUT2D eigenvalue weighted by Gasteiger charge is -2.16. The van der Waals surface area contributed by atoms with Crippen LogP contribution < -0.4 is 10.5 Å². The van der Waals surface area contributed by atoms with Crippen molar-refractivity contribution in [1.29, 1.82) is 5.41 Å². The standard InChI is InChI=1S/C19H19ClN4O3S3/c1-10-13-7-12(20)2-3-15(13)29-19(10)30(26,27)23-14-4-5-24(18(14)25)8-11-6-16(17(21)22)28-9-11/h2-3,6-7,9,14,23H,4-5,8H2,1H3,(H3,21,22)/t14-/m0/s1. The normalized spacial score (nSPS) is 17.2. The first-order chi connectivity index (χ1) is 14.2. The minimum absolute atomic E-state index is 0.00960. The van der Waals surface area contributed by atoms with E-state index in [0.29, 0.717) is 35.0 Å². The highest BCUT2D eigenvalue weighted by Gasteiger charge is 2.36. The van der Waals surface area contributed by atoms with E-state index in [4.69, 9.17) is 22.7 Å². The van der Waals surface area contributed by atoms with E-state index in [1.165, 1.54) is 22.7 Å². The minimum atomic E-state index is -3.85. The molecule has 1 aliphatic heterocycles. The van der Waals surface area contributed by atoms with Gasteiger partial charge in [0.15, 0.2) is 0 Å². The molecule has 3 heterocycles. The van der Waals surface area contributed by atoms with Crippen molar-refractivity contribution in [3.63, 3.8) is 0 Å². The Morgan fingerprint density at radius 2 is 2.17 bits per heavy atom. The van der Waals surface area contributed by atoms with Gasteiger partial charge < -0.3 is 10.6 Å². The summed E-state index contributed by atoms with van der Waals surface area (Å²) in [7, 11) is -3.85. The first-order valence-electron chi connectivity index (χ1n) is 9.07. The van der Waals surface area contributed by atoms with Gasteiger partial charge in [-0.05, 0) is 59.5 Å². The van der Waals surface area contributed by atoms with E-state index < -0.39 is 16.1 Å². The first-order valence-corrected chi connectivity index (χ1v) is 12.6. The Balaban J connectivity index is 1.50. The van der Waals surface area contributed by atoms with E-state index in [0.717, 1.165) is 15.6 Å². The zero-order chi connectivity index (χ0) is 21.6. The van der Waals surface area contributed by atoms with Crippen LogP contribution in [0.4, 0.5) is 0 Å². The predicted octanol–water partition coefficient (Wildman–Crippen LogP) is 3.29. The van der Waals surface area contributed by atoms with Gasteiger partial charge in [-0.2, -0.15) is 4.72 Å².